The van der Waals surface area contributed by atoms with Gasteiger partial charge in [-0.15, -0.1) is 0 Å². The Hall–Kier alpha value is -3.18. The zero-order valence-corrected chi connectivity index (χ0v) is 21.7. The Kier molecular flexibility index (Phi) is 7.24. The van der Waals surface area contributed by atoms with E-state index in [0.29, 0.717) is 6.61 Å². The maximum atomic E-state index is 13.4. The molecule has 36 heavy (non-hydrogen) atoms. The van der Waals surface area contributed by atoms with Gasteiger partial charge in [0.1, 0.15) is 17.7 Å². The standard InChI is InChI=1S/C31H35FO4/c1-6-35-27-18-26-25(30(2,3)15-16-31(26,4)5)17-24(27)28(21-9-11-22(12-10-21)29(33)34)36-19-20-7-13-23(32)14-8-20/h7-14,17-18,28H,6,15-16,19H2,1-5H3,(H,33,34). The van der Waals surface area contributed by atoms with Gasteiger partial charge in [-0.1, -0.05) is 52.0 Å². The largest absolute Gasteiger partial charge is 0.493 e. The fraction of sp³-hybridized carbons (Fsp3) is 0.387. The van der Waals surface area contributed by atoms with Crippen LogP contribution in [0.1, 0.15) is 91.7 Å². The van der Waals surface area contributed by atoms with Crippen molar-refractivity contribution < 1.29 is 23.8 Å². The predicted octanol–water partition coefficient (Wildman–Crippen LogP) is 7.58. The van der Waals surface area contributed by atoms with Crippen LogP contribution in [0.4, 0.5) is 4.39 Å². The van der Waals surface area contributed by atoms with E-state index in [2.05, 4.69) is 39.8 Å². The number of hydrogen-bond donors (Lipinski definition) is 1. The number of carbonyl (C=O) groups is 1. The Bertz CT molecular complexity index is 1230. The van der Waals surface area contributed by atoms with Crippen LogP contribution in [0.15, 0.2) is 60.7 Å². The summed E-state index contributed by atoms with van der Waals surface area (Å²) >= 11 is 0. The van der Waals surface area contributed by atoms with Gasteiger partial charge in [0, 0.05) is 5.56 Å². The minimum atomic E-state index is -0.974. The quantitative estimate of drug-likeness (QED) is 0.354. The molecule has 1 unspecified atom stereocenters. The van der Waals surface area contributed by atoms with Crippen LogP contribution < -0.4 is 4.74 Å². The Labute approximate surface area is 213 Å². The second-order valence-corrected chi connectivity index (χ2v) is 10.9. The summed E-state index contributed by atoms with van der Waals surface area (Å²) in [5.74, 6) is -0.496. The van der Waals surface area contributed by atoms with Crippen LogP contribution >= 0.6 is 0 Å². The van der Waals surface area contributed by atoms with E-state index in [1.54, 1.807) is 36.4 Å². The number of halogens is 1. The third kappa shape index (κ3) is 5.31. The molecule has 4 rings (SSSR count). The maximum absolute atomic E-state index is 13.4. The van der Waals surface area contributed by atoms with Gasteiger partial charge in [0.25, 0.3) is 0 Å². The number of carboxylic acids is 1. The minimum absolute atomic E-state index is 0.000972. The van der Waals surface area contributed by atoms with Crippen LogP contribution in [-0.2, 0) is 22.2 Å². The summed E-state index contributed by atoms with van der Waals surface area (Å²) < 4.78 is 26.1. The van der Waals surface area contributed by atoms with Gasteiger partial charge in [-0.3, -0.25) is 0 Å². The van der Waals surface area contributed by atoms with Crippen LogP contribution in [0.5, 0.6) is 5.75 Å². The minimum Gasteiger partial charge on any atom is -0.493 e. The fourth-order valence-corrected chi connectivity index (χ4v) is 5.02. The molecule has 4 nitrogen and oxygen atoms in total. The van der Waals surface area contributed by atoms with Crippen molar-refractivity contribution in [1.82, 2.24) is 0 Å². The van der Waals surface area contributed by atoms with Crippen molar-refractivity contribution in [2.24, 2.45) is 0 Å². The molecule has 3 aromatic rings. The van der Waals surface area contributed by atoms with E-state index in [4.69, 9.17) is 9.47 Å². The van der Waals surface area contributed by atoms with Gasteiger partial charge in [0.05, 0.1) is 18.8 Å². The first-order valence-corrected chi connectivity index (χ1v) is 12.5. The summed E-state index contributed by atoms with van der Waals surface area (Å²) in [5, 5.41) is 9.38. The first kappa shape index (κ1) is 25.9. The van der Waals surface area contributed by atoms with Gasteiger partial charge in [-0.05, 0) is 89.2 Å². The van der Waals surface area contributed by atoms with Crippen molar-refractivity contribution in [3.8, 4) is 5.75 Å². The molecule has 0 fully saturated rings. The van der Waals surface area contributed by atoms with Crippen molar-refractivity contribution in [3.63, 3.8) is 0 Å². The third-order valence-electron chi connectivity index (χ3n) is 7.36. The molecule has 0 amide bonds. The Morgan fingerprint density at radius 3 is 2.08 bits per heavy atom. The average molecular weight is 491 g/mol. The normalized spacial score (nSPS) is 16.7. The van der Waals surface area contributed by atoms with Crippen molar-refractivity contribution in [2.45, 2.75) is 71.0 Å². The first-order valence-electron chi connectivity index (χ1n) is 12.5. The molecule has 1 N–H and O–H groups in total. The number of carboxylic acid groups (broad SMARTS) is 1. The SMILES string of the molecule is CCOc1cc2c(cc1C(OCc1ccc(F)cc1)c1ccc(C(=O)O)cc1)C(C)(C)CCC2(C)C. The van der Waals surface area contributed by atoms with Crippen LogP contribution in [0.25, 0.3) is 0 Å². The zero-order chi connectivity index (χ0) is 26.1. The lowest BCUT2D eigenvalue weighted by molar-refractivity contribution is 0.0641. The Morgan fingerprint density at radius 2 is 1.53 bits per heavy atom. The number of rotatable bonds is 8. The zero-order valence-electron chi connectivity index (χ0n) is 21.7. The second kappa shape index (κ2) is 10.1. The number of aromatic carboxylic acids is 1. The molecule has 1 aliphatic carbocycles. The van der Waals surface area contributed by atoms with Gasteiger partial charge >= 0.3 is 5.97 Å². The van der Waals surface area contributed by atoms with Crippen molar-refractivity contribution >= 4 is 5.97 Å². The van der Waals surface area contributed by atoms with E-state index in [0.717, 1.165) is 35.3 Å². The van der Waals surface area contributed by atoms with Crippen LogP contribution in [0.3, 0.4) is 0 Å². The summed E-state index contributed by atoms with van der Waals surface area (Å²) in [7, 11) is 0. The summed E-state index contributed by atoms with van der Waals surface area (Å²) in [6.07, 6.45) is 1.68. The molecule has 0 aliphatic heterocycles. The highest BCUT2D eigenvalue weighted by Crippen LogP contribution is 2.49. The number of hydrogen-bond acceptors (Lipinski definition) is 3. The van der Waals surface area contributed by atoms with E-state index >= 15 is 0 Å². The lowest BCUT2D eigenvalue weighted by Crippen LogP contribution is -2.34. The van der Waals surface area contributed by atoms with Crippen molar-refractivity contribution in [1.29, 1.82) is 0 Å². The summed E-state index contributed by atoms with van der Waals surface area (Å²) in [4.78, 5) is 11.4. The molecule has 0 aromatic heterocycles. The average Bonchev–Trinajstić information content (AvgIpc) is 2.84. The molecule has 0 radical (unpaired) electrons. The summed E-state index contributed by atoms with van der Waals surface area (Å²) in [6, 6.07) is 17.4. The second-order valence-electron chi connectivity index (χ2n) is 10.9. The molecule has 0 saturated heterocycles. The molecular formula is C31H35FO4. The van der Waals surface area contributed by atoms with Crippen LogP contribution in [0.2, 0.25) is 0 Å². The topological polar surface area (TPSA) is 55.8 Å². The predicted molar refractivity (Wildman–Crippen MR) is 139 cm³/mol. The third-order valence-corrected chi connectivity index (χ3v) is 7.36. The molecule has 0 bridgehead atoms. The van der Waals surface area contributed by atoms with Gasteiger partial charge < -0.3 is 14.6 Å². The maximum Gasteiger partial charge on any atom is 0.335 e. The number of fused-ring (bicyclic) bond motifs is 1. The van der Waals surface area contributed by atoms with E-state index in [1.165, 1.54) is 23.3 Å². The van der Waals surface area contributed by atoms with Gasteiger partial charge in [-0.25, -0.2) is 9.18 Å². The lowest BCUT2D eigenvalue weighted by atomic mass is 9.62. The molecule has 190 valence electrons. The molecule has 1 aliphatic rings. The molecular weight excluding hydrogens is 455 g/mol. The summed E-state index contributed by atoms with van der Waals surface area (Å²) in [5.41, 5.74) is 5.42. The highest BCUT2D eigenvalue weighted by Gasteiger charge is 2.38. The molecule has 0 spiro atoms. The molecule has 5 heteroatoms. The lowest BCUT2D eigenvalue weighted by Gasteiger charge is -2.42. The number of benzene rings is 3. The molecule has 0 saturated carbocycles. The Morgan fingerprint density at radius 1 is 0.944 bits per heavy atom. The first-order chi connectivity index (χ1) is 17.0. The van der Waals surface area contributed by atoms with Crippen molar-refractivity contribution in [3.05, 3.63) is 99.9 Å². The number of ether oxygens (including phenoxy) is 2. The fourth-order valence-electron chi connectivity index (χ4n) is 5.02. The highest BCUT2D eigenvalue weighted by atomic mass is 19.1. The van der Waals surface area contributed by atoms with Crippen LogP contribution in [-0.4, -0.2) is 17.7 Å². The van der Waals surface area contributed by atoms with Crippen molar-refractivity contribution in [2.75, 3.05) is 6.61 Å². The summed E-state index contributed by atoms with van der Waals surface area (Å²) in [6.45, 7) is 11.9. The van der Waals surface area contributed by atoms with E-state index in [9.17, 15) is 14.3 Å². The molecule has 1 atom stereocenters. The van der Waals surface area contributed by atoms with Crippen LogP contribution in [0, 0.1) is 5.82 Å². The van der Waals surface area contributed by atoms with Gasteiger partial charge in [0.15, 0.2) is 0 Å². The molecule has 3 aromatic carbocycles. The highest BCUT2D eigenvalue weighted by molar-refractivity contribution is 5.87. The molecule has 0 heterocycles. The van der Waals surface area contributed by atoms with E-state index in [-0.39, 0.29) is 28.8 Å². The smallest absolute Gasteiger partial charge is 0.335 e. The monoisotopic (exact) mass is 490 g/mol. The van der Waals surface area contributed by atoms with E-state index in [1.807, 2.05) is 6.92 Å². The van der Waals surface area contributed by atoms with Gasteiger partial charge in [-0.2, -0.15) is 0 Å². The van der Waals surface area contributed by atoms with Gasteiger partial charge in [0.2, 0.25) is 0 Å². The Balaban J connectivity index is 1.84. The van der Waals surface area contributed by atoms with E-state index < -0.39 is 12.1 Å².